The van der Waals surface area contributed by atoms with Crippen molar-refractivity contribution in [2.24, 2.45) is 0 Å². The minimum Gasteiger partial charge on any atom is -0.325 e. The van der Waals surface area contributed by atoms with E-state index < -0.39 is 0 Å². The fourth-order valence-electron chi connectivity index (χ4n) is 4.38. The molecule has 176 valence electrons. The van der Waals surface area contributed by atoms with Crippen LogP contribution >= 0.6 is 34.9 Å². The molecule has 0 unspecified atom stereocenters. The Hall–Kier alpha value is -2.88. The first-order valence-corrected chi connectivity index (χ1v) is 14.3. The van der Waals surface area contributed by atoms with Gasteiger partial charge in [0.25, 0.3) is 0 Å². The Bertz CT molecular complexity index is 1540. The average molecular weight is 518 g/mol. The fourth-order valence-corrected chi connectivity index (χ4v) is 7.43. The van der Waals surface area contributed by atoms with Crippen molar-refractivity contribution in [3.8, 4) is 0 Å². The molecule has 6 nitrogen and oxygen atoms in total. The van der Waals surface area contributed by atoms with Crippen LogP contribution < -0.4 is 5.32 Å². The molecule has 3 aromatic heterocycles. The predicted octanol–water partition coefficient (Wildman–Crippen LogP) is 6.16. The van der Waals surface area contributed by atoms with Crippen molar-refractivity contribution >= 4 is 62.3 Å². The molecule has 0 spiro atoms. The Morgan fingerprint density at radius 3 is 2.71 bits per heavy atom. The Morgan fingerprint density at radius 1 is 1.03 bits per heavy atom. The molecule has 0 bridgehead atoms. The molecule has 6 rings (SSSR count). The number of carbonyl (C=O) groups excluding carboxylic acids is 1. The molecule has 9 heteroatoms. The highest BCUT2D eigenvalue weighted by Crippen LogP contribution is 2.40. The van der Waals surface area contributed by atoms with E-state index >= 15 is 0 Å². The Morgan fingerprint density at radius 2 is 1.86 bits per heavy atom. The fraction of sp³-hybridized carbons (Fsp3) is 0.231. The van der Waals surface area contributed by atoms with Crippen LogP contribution in [-0.4, -0.2) is 31.2 Å². The van der Waals surface area contributed by atoms with Gasteiger partial charge in [-0.1, -0.05) is 72.1 Å². The number of aromatic nitrogens is 4. The number of thioether (sulfide) groups is 2. The maximum absolute atomic E-state index is 12.7. The van der Waals surface area contributed by atoms with Crippen molar-refractivity contribution in [3.63, 3.8) is 0 Å². The van der Waals surface area contributed by atoms with Gasteiger partial charge in [-0.25, -0.2) is 9.38 Å². The van der Waals surface area contributed by atoms with E-state index in [1.165, 1.54) is 34.2 Å². The number of benzene rings is 2. The summed E-state index contributed by atoms with van der Waals surface area (Å²) in [7, 11) is 0. The van der Waals surface area contributed by atoms with E-state index in [1.54, 1.807) is 23.1 Å². The Labute approximate surface area is 215 Å². The molecule has 0 fully saturated rings. The number of amides is 1. The summed E-state index contributed by atoms with van der Waals surface area (Å²) in [4.78, 5) is 20.2. The van der Waals surface area contributed by atoms with Gasteiger partial charge >= 0.3 is 0 Å². The summed E-state index contributed by atoms with van der Waals surface area (Å²) in [6.45, 7) is 1.99. The SMILES string of the molecule is Cc1ccccc1NC(=O)CSc1nnc2c3c4c(sc3nc(SCc3ccccc3)n12)CCC4. The van der Waals surface area contributed by atoms with E-state index in [-0.39, 0.29) is 11.7 Å². The van der Waals surface area contributed by atoms with Gasteiger partial charge < -0.3 is 5.32 Å². The molecular weight excluding hydrogens is 495 g/mol. The molecule has 2 aromatic carbocycles. The lowest BCUT2D eigenvalue weighted by atomic mass is 10.2. The smallest absolute Gasteiger partial charge is 0.234 e. The molecule has 1 aliphatic rings. The van der Waals surface area contributed by atoms with Gasteiger partial charge in [-0.05, 0) is 48.9 Å². The van der Waals surface area contributed by atoms with Crippen molar-refractivity contribution in [1.82, 2.24) is 19.6 Å². The Balaban J connectivity index is 1.33. The summed E-state index contributed by atoms with van der Waals surface area (Å²) >= 11 is 4.87. The van der Waals surface area contributed by atoms with Crippen molar-refractivity contribution in [2.45, 2.75) is 42.3 Å². The highest BCUT2D eigenvalue weighted by atomic mass is 32.2. The van der Waals surface area contributed by atoms with Crippen LogP contribution in [0.2, 0.25) is 0 Å². The third kappa shape index (κ3) is 4.44. The number of nitrogens with one attached hydrogen (secondary N) is 1. The molecule has 1 aliphatic carbocycles. The van der Waals surface area contributed by atoms with E-state index in [4.69, 9.17) is 4.98 Å². The van der Waals surface area contributed by atoms with Crippen molar-refractivity contribution < 1.29 is 4.79 Å². The number of thiophene rings is 1. The quantitative estimate of drug-likeness (QED) is 0.206. The summed E-state index contributed by atoms with van der Waals surface area (Å²) in [6, 6.07) is 18.2. The number of hydrogen-bond donors (Lipinski definition) is 1. The van der Waals surface area contributed by atoms with Gasteiger partial charge in [-0.15, -0.1) is 21.5 Å². The molecule has 0 saturated heterocycles. The second kappa shape index (κ2) is 9.64. The molecule has 1 amide bonds. The summed E-state index contributed by atoms with van der Waals surface area (Å²) in [6.07, 6.45) is 3.36. The largest absolute Gasteiger partial charge is 0.325 e. The van der Waals surface area contributed by atoms with E-state index in [9.17, 15) is 4.79 Å². The highest BCUT2D eigenvalue weighted by molar-refractivity contribution is 8.00. The second-order valence-electron chi connectivity index (χ2n) is 8.50. The first-order chi connectivity index (χ1) is 17.2. The van der Waals surface area contributed by atoms with Gasteiger partial charge in [0.05, 0.1) is 11.1 Å². The lowest BCUT2D eigenvalue weighted by Crippen LogP contribution is -2.15. The molecule has 0 atom stereocenters. The van der Waals surface area contributed by atoms with Crippen LogP contribution in [0.3, 0.4) is 0 Å². The maximum Gasteiger partial charge on any atom is 0.234 e. The molecule has 0 saturated carbocycles. The van der Waals surface area contributed by atoms with Gasteiger partial charge in [0, 0.05) is 16.3 Å². The van der Waals surface area contributed by atoms with Crippen molar-refractivity contribution in [3.05, 3.63) is 76.2 Å². The number of rotatable bonds is 7. The number of carbonyl (C=O) groups is 1. The monoisotopic (exact) mass is 517 g/mol. The van der Waals surface area contributed by atoms with E-state index in [0.717, 1.165) is 50.9 Å². The van der Waals surface area contributed by atoms with Crippen LogP contribution in [0.25, 0.3) is 15.9 Å². The minimum atomic E-state index is -0.0648. The topological polar surface area (TPSA) is 72.2 Å². The molecule has 5 aromatic rings. The number of para-hydroxylation sites is 1. The van der Waals surface area contributed by atoms with Crippen LogP contribution in [-0.2, 0) is 23.4 Å². The average Bonchev–Trinajstić information content (AvgIpc) is 3.58. The van der Waals surface area contributed by atoms with Crippen molar-refractivity contribution in [1.29, 1.82) is 0 Å². The zero-order chi connectivity index (χ0) is 23.8. The molecule has 0 radical (unpaired) electrons. The summed E-state index contributed by atoms with van der Waals surface area (Å²) in [5, 5.41) is 14.8. The minimum absolute atomic E-state index is 0.0648. The molecule has 1 N–H and O–H groups in total. The predicted molar refractivity (Wildman–Crippen MR) is 145 cm³/mol. The summed E-state index contributed by atoms with van der Waals surface area (Å²) < 4.78 is 2.05. The maximum atomic E-state index is 12.7. The lowest BCUT2D eigenvalue weighted by Gasteiger charge is -2.09. The van der Waals surface area contributed by atoms with E-state index in [1.807, 2.05) is 41.7 Å². The number of nitrogens with zero attached hydrogens (tertiary/aromatic N) is 4. The van der Waals surface area contributed by atoms with Crippen LogP contribution in [0, 0.1) is 6.92 Å². The first-order valence-electron chi connectivity index (χ1n) is 11.5. The molecule has 0 aliphatic heterocycles. The highest BCUT2D eigenvalue weighted by Gasteiger charge is 2.25. The van der Waals surface area contributed by atoms with Gasteiger partial charge in [0.15, 0.2) is 16.0 Å². The van der Waals surface area contributed by atoms with E-state index in [0.29, 0.717) is 5.16 Å². The van der Waals surface area contributed by atoms with Gasteiger partial charge in [0.1, 0.15) is 4.83 Å². The van der Waals surface area contributed by atoms with Crippen LogP contribution in [0.15, 0.2) is 64.9 Å². The van der Waals surface area contributed by atoms with Gasteiger partial charge in [-0.2, -0.15) is 0 Å². The summed E-state index contributed by atoms with van der Waals surface area (Å²) in [5.41, 5.74) is 5.34. The lowest BCUT2D eigenvalue weighted by molar-refractivity contribution is -0.113. The zero-order valence-corrected chi connectivity index (χ0v) is 21.6. The number of fused-ring (bicyclic) bond motifs is 5. The Kier molecular flexibility index (Phi) is 6.22. The number of hydrogen-bond acceptors (Lipinski definition) is 7. The third-order valence-electron chi connectivity index (χ3n) is 6.11. The van der Waals surface area contributed by atoms with Crippen molar-refractivity contribution in [2.75, 3.05) is 11.1 Å². The first kappa shape index (κ1) is 22.6. The summed E-state index contributed by atoms with van der Waals surface area (Å²) in [5.74, 6) is 0.984. The van der Waals surface area contributed by atoms with Crippen LogP contribution in [0.1, 0.15) is 28.0 Å². The van der Waals surface area contributed by atoms with E-state index in [2.05, 4.69) is 39.8 Å². The normalized spacial score (nSPS) is 12.9. The van der Waals surface area contributed by atoms with Crippen LogP contribution in [0.5, 0.6) is 0 Å². The third-order valence-corrected chi connectivity index (χ3v) is 9.23. The molecule has 35 heavy (non-hydrogen) atoms. The zero-order valence-electron chi connectivity index (χ0n) is 19.2. The van der Waals surface area contributed by atoms with Crippen LogP contribution in [0.4, 0.5) is 5.69 Å². The van der Waals surface area contributed by atoms with Gasteiger partial charge in [-0.3, -0.25) is 4.79 Å². The molecule has 3 heterocycles. The van der Waals surface area contributed by atoms with Gasteiger partial charge in [0.2, 0.25) is 5.91 Å². The number of anilines is 1. The number of aryl methyl sites for hydroxylation is 3. The molecular formula is C26H23N5OS3. The standard InChI is InChI=1S/C26H23N5OS3/c1-16-8-5-6-12-19(16)27-21(32)15-34-26-30-29-23-22-18-11-7-13-20(18)35-24(22)28-25(31(23)26)33-14-17-9-3-2-4-10-17/h2-6,8-10,12H,7,11,13-15H2,1H3,(H,27,32). The second-order valence-corrected chi connectivity index (χ2v) is 11.5.